The van der Waals surface area contributed by atoms with Gasteiger partial charge in [-0.15, -0.1) is 0 Å². The van der Waals surface area contributed by atoms with Gasteiger partial charge in [0.1, 0.15) is 0 Å². The van der Waals surface area contributed by atoms with Crippen molar-refractivity contribution in [3.05, 3.63) is 35.4 Å². The number of carboxylic acid groups (broad SMARTS) is 1. The highest BCUT2D eigenvalue weighted by atomic mass is 16.4. The Labute approximate surface area is 150 Å². The fourth-order valence-corrected chi connectivity index (χ4v) is 2.79. The summed E-state index contributed by atoms with van der Waals surface area (Å²) in [4.78, 5) is 13.4. The molecule has 0 unspecified atom stereocenters. The van der Waals surface area contributed by atoms with Gasteiger partial charge in [-0.25, -0.2) is 4.79 Å². The van der Waals surface area contributed by atoms with E-state index in [1.165, 1.54) is 0 Å². The summed E-state index contributed by atoms with van der Waals surface area (Å²) in [5.74, 6) is -0.878. The minimum Gasteiger partial charge on any atom is -0.478 e. The number of hydrogen-bond donors (Lipinski definition) is 5. The van der Waals surface area contributed by atoms with E-state index in [-0.39, 0.29) is 0 Å². The van der Waals surface area contributed by atoms with Gasteiger partial charge < -0.3 is 26.4 Å². The molecule has 25 heavy (non-hydrogen) atoms. The van der Waals surface area contributed by atoms with Crippen LogP contribution in [0.4, 0.5) is 0 Å². The van der Waals surface area contributed by atoms with Crippen molar-refractivity contribution in [1.29, 1.82) is 0 Å². The number of benzene rings is 1. The lowest BCUT2D eigenvalue weighted by Gasteiger charge is -2.23. The Kier molecular flexibility index (Phi) is 9.46. The van der Waals surface area contributed by atoms with Crippen molar-refractivity contribution >= 4 is 5.97 Å². The average molecular weight is 349 g/mol. The molecule has 0 aromatic heterocycles. The summed E-state index contributed by atoms with van der Waals surface area (Å²) in [5.41, 5.74) is 1.48. The van der Waals surface area contributed by atoms with Crippen LogP contribution in [0.25, 0.3) is 0 Å². The molecule has 0 atom stereocenters. The first-order valence-electron chi connectivity index (χ1n) is 9.13. The molecule has 0 spiro atoms. The lowest BCUT2D eigenvalue weighted by molar-refractivity contribution is 0.0697. The van der Waals surface area contributed by atoms with Crippen molar-refractivity contribution in [1.82, 2.24) is 26.2 Å². The van der Waals surface area contributed by atoms with E-state index in [1.807, 2.05) is 12.1 Å². The molecule has 1 fully saturated rings. The Morgan fingerprint density at radius 3 is 1.68 bits per heavy atom. The van der Waals surface area contributed by atoms with E-state index in [0.29, 0.717) is 5.56 Å². The smallest absolute Gasteiger partial charge is 0.335 e. The lowest BCUT2D eigenvalue weighted by Crippen LogP contribution is -2.38. The molecular weight excluding hydrogens is 318 g/mol. The second-order valence-electron chi connectivity index (χ2n) is 6.28. The van der Waals surface area contributed by atoms with Gasteiger partial charge in [0.25, 0.3) is 0 Å². The van der Waals surface area contributed by atoms with E-state index in [2.05, 4.69) is 26.2 Å². The van der Waals surface area contributed by atoms with Crippen molar-refractivity contribution in [2.24, 2.45) is 0 Å². The molecule has 0 bridgehead atoms. The van der Waals surface area contributed by atoms with Gasteiger partial charge >= 0.3 is 5.97 Å². The van der Waals surface area contributed by atoms with E-state index in [1.54, 1.807) is 12.1 Å². The van der Waals surface area contributed by atoms with Gasteiger partial charge in [0.2, 0.25) is 0 Å². The Morgan fingerprint density at radius 1 is 0.800 bits per heavy atom. The predicted molar refractivity (Wildman–Crippen MR) is 100 cm³/mol. The molecule has 2 rings (SSSR count). The van der Waals surface area contributed by atoms with Gasteiger partial charge in [0.15, 0.2) is 0 Å². The minimum atomic E-state index is -0.878. The molecule has 1 aliphatic heterocycles. The Morgan fingerprint density at radius 2 is 1.24 bits per heavy atom. The normalized spacial score (nSPS) is 19.7. The number of hydrogen-bond acceptors (Lipinski definition) is 6. The first-order valence-corrected chi connectivity index (χ1v) is 9.13. The maximum Gasteiger partial charge on any atom is 0.335 e. The third-order valence-corrected chi connectivity index (χ3v) is 4.25. The standard InChI is InChI=1S/C18H31N5O2/c24-18(25)17-3-1-16(2-4-17)15-23-13-11-21-9-7-19-5-6-20-8-10-22-12-14-23/h1-4,19-22H,5-15H2,(H,24,25). The molecule has 7 nitrogen and oxygen atoms in total. The van der Waals surface area contributed by atoms with Crippen LogP contribution in [0.2, 0.25) is 0 Å². The van der Waals surface area contributed by atoms with Crippen LogP contribution >= 0.6 is 0 Å². The molecule has 1 aliphatic rings. The fourth-order valence-electron chi connectivity index (χ4n) is 2.79. The monoisotopic (exact) mass is 349 g/mol. The molecule has 1 saturated heterocycles. The third-order valence-electron chi connectivity index (χ3n) is 4.25. The first-order chi connectivity index (χ1) is 12.3. The molecule has 5 N–H and O–H groups in total. The van der Waals surface area contributed by atoms with E-state index < -0.39 is 5.97 Å². The fraction of sp³-hybridized carbons (Fsp3) is 0.611. The van der Waals surface area contributed by atoms with Gasteiger partial charge in [0.05, 0.1) is 5.56 Å². The summed E-state index contributed by atoms with van der Waals surface area (Å²) in [5, 5.41) is 22.8. The van der Waals surface area contributed by atoms with E-state index >= 15 is 0 Å². The quantitative estimate of drug-likeness (QED) is 0.506. The van der Waals surface area contributed by atoms with Crippen LogP contribution in [0.3, 0.4) is 0 Å². The minimum absolute atomic E-state index is 0.337. The molecule has 0 saturated carbocycles. The predicted octanol–water partition coefficient (Wildman–Crippen LogP) is -0.441. The molecular formula is C18H31N5O2. The Hall–Kier alpha value is -1.51. The summed E-state index contributed by atoms with van der Waals surface area (Å²) in [6.07, 6.45) is 0. The topological polar surface area (TPSA) is 88.7 Å². The highest BCUT2D eigenvalue weighted by molar-refractivity contribution is 5.87. The largest absolute Gasteiger partial charge is 0.478 e. The SMILES string of the molecule is O=C(O)c1ccc(CN2CCNCCNCCNCCNCC2)cc1. The number of nitrogens with one attached hydrogen (secondary N) is 4. The number of aromatic carboxylic acids is 1. The van der Waals surface area contributed by atoms with Gasteiger partial charge in [-0.3, -0.25) is 4.90 Å². The third kappa shape index (κ3) is 8.42. The van der Waals surface area contributed by atoms with Crippen molar-refractivity contribution in [2.75, 3.05) is 65.4 Å². The van der Waals surface area contributed by atoms with Crippen LogP contribution in [0.15, 0.2) is 24.3 Å². The lowest BCUT2D eigenvalue weighted by atomic mass is 10.1. The molecule has 1 aromatic rings. The summed E-state index contributed by atoms with van der Waals surface area (Å²) < 4.78 is 0. The highest BCUT2D eigenvalue weighted by Crippen LogP contribution is 2.07. The summed E-state index contributed by atoms with van der Waals surface area (Å²) in [6.45, 7) is 10.6. The number of carbonyl (C=O) groups is 1. The van der Waals surface area contributed by atoms with Crippen LogP contribution in [0.5, 0.6) is 0 Å². The Balaban J connectivity index is 1.84. The van der Waals surface area contributed by atoms with E-state index in [0.717, 1.165) is 77.6 Å². The maximum atomic E-state index is 11.0. The van der Waals surface area contributed by atoms with E-state index in [4.69, 9.17) is 5.11 Å². The second-order valence-corrected chi connectivity index (χ2v) is 6.28. The molecule has 7 heteroatoms. The zero-order valence-corrected chi connectivity index (χ0v) is 14.9. The molecule has 0 aliphatic carbocycles. The number of rotatable bonds is 3. The zero-order valence-electron chi connectivity index (χ0n) is 14.9. The first kappa shape index (κ1) is 19.8. The summed E-state index contributed by atoms with van der Waals surface area (Å²) >= 11 is 0. The summed E-state index contributed by atoms with van der Waals surface area (Å²) in [7, 11) is 0. The molecule has 0 radical (unpaired) electrons. The second kappa shape index (κ2) is 11.9. The molecule has 1 aromatic carbocycles. The number of nitrogens with zero attached hydrogens (tertiary/aromatic N) is 1. The summed E-state index contributed by atoms with van der Waals surface area (Å²) in [6, 6.07) is 7.18. The van der Waals surface area contributed by atoms with Crippen LogP contribution in [0, 0.1) is 0 Å². The van der Waals surface area contributed by atoms with Gasteiger partial charge in [-0.2, -0.15) is 0 Å². The maximum absolute atomic E-state index is 11.0. The van der Waals surface area contributed by atoms with Crippen molar-refractivity contribution in [3.8, 4) is 0 Å². The zero-order chi connectivity index (χ0) is 17.7. The van der Waals surface area contributed by atoms with E-state index in [9.17, 15) is 4.79 Å². The molecule has 140 valence electrons. The van der Waals surface area contributed by atoms with Crippen molar-refractivity contribution in [2.45, 2.75) is 6.54 Å². The average Bonchev–Trinajstić information content (AvgIpc) is 2.62. The van der Waals surface area contributed by atoms with Gasteiger partial charge in [-0.1, -0.05) is 12.1 Å². The van der Waals surface area contributed by atoms with Crippen LogP contribution in [0.1, 0.15) is 15.9 Å². The Bertz CT molecular complexity index is 479. The number of carboxylic acids is 1. The van der Waals surface area contributed by atoms with Crippen molar-refractivity contribution < 1.29 is 9.90 Å². The van der Waals surface area contributed by atoms with Gasteiger partial charge in [-0.05, 0) is 17.7 Å². The highest BCUT2D eigenvalue weighted by Gasteiger charge is 2.07. The van der Waals surface area contributed by atoms with Gasteiger partial charge in [0, 0.05) is 72.0 Å². The molecule has 1 heterocycles. The molecule has 0 amide bonds. The van der Waals surface area contributed by atoms with Crippen LogP contribution < -0.4 is 21.3 Å². The van der Waals surface area contributed by atoms with Crippen LogP contribution in [-0.4, -0.2) is 81.4 Å². The van der Waals surface area contributed by atoms with Crippen molar-refractivity contribution in [3.63, 3.8) is 0 Å². The van der Waals surface area contributed by atoms with Crippen LogP contribution in [-0.2, 0) is 6.54 Å².